The summed E-state index contributed by atoms with van der Waals surface area (Å²) in [7, 11) is 0. The van der Waals surface area contributed by atoms with Crippen LogP contribution in [0.2, 0.25) is 0 Å². The first-order chi connectivity index (χ1) is 17.9. The van der Waals surface area contributed by atoms with E-state index in [1.165, 1.54) is 12.3 Å². The summed E-state index contributed by atoms with van der Waals surface area (Å²) in [5.74, 6) is 0.794. The van der Waals surface area contributed by atoms with Gasteiger partial charge in [-0.3, -0.25) is 0 Å². The Hall–Kier alpha value is -3.41. The van der Waals surface area contributed by atoms with E-state index in [2.05, 4.69) is 38.8 Å². The Labute approximate surface area is 236 Å². The molecule has 8 heteroatoms. The zero-order valence-corrected chi connectivity index (χ0v) is 22.9. The molecule has 0 aliphatic rings. The second kappa shape index (κ2) is 10.4. The van der Waals surface area contributed by atoms with Gasteiger partial charge in [0.05, 0.1) is 5.56 Å². The molecule has 38 heavy (non-hydrogen) atoms. The second-order valence-corrected chi connectivity index (χ2v) is 9.59. The number of aromatic nitrogens is 3. The Balaban J connectivity index is 0.00000294. The molecule has 0 amide bonds. The second-order valence-electron chi connectivity index (χ2n) is 8.56. The van der Waals surface area contributed by atoms with E-state index in [9.17, 15) is 13.2 Å². The van der Waals surface area contributed by atoms with Crippen LogP contribution in [0.3, 0.4) is 0 Å². The molecule has 3 aromatic heterocycles. The van der Waals surface area contributed by atoms with Gasteiger partial charge in [-0.25, -0.2) is 21.1 Å². The summed E-state index contributed by atoms with van der Waals surface area (Å²) in [6.07, 6.45) is -1.33. The molecule has 6 rings (SSSR count). The predicted molar refractivity (Wildman–Crippen MR) is 140 cm³/mol. The molecule has 0 bridgehead atoms. The van der Waals surface area contributed by atoms with Crippen LogP contribution >= 0.6 is 11.8 Å². The Morgan fingerprint density at radius 1 is 0.789 bits per heavy atom. The number of hydrogen-bond acceptors (Lipinski definition) is 3. The van der Waals surface area contributed by atoms with Gasteiger partial charge >= 0.3 is 27.2 Å². The molecular formula is C30H18F3N3PtS. The van der Waals surface area contributed by atoms with Crippen molar-refractivity contribution in [2.75, 3.05) is 0 Å². The average molecular weight is 705 g/mol. The van der Waals surface area contributed by atoms with Crippen LogP contribution in [-0.4, -0.2) is 14.5 Å². The van der Waals surface area contributed by atoms with Gasteiger partial charge in [0.2, 0.25) is 0 Å². The van der Waals surface area contributed by atoms with Gasteiger partial charge in [-0.1, -0.05) is 40.2 Å². The summed E-state index contributed by atoms with van der Waals surface area (Å²) in [4.78, 5) is 9.11. The van der Waals surface area contributed by atoms with Crippen molar-refractivity contribution in [3.05, 3.63) is 115 Å². The van der Waals surface area contributed by atoms with Crippen molar-refractivity contribution >= 4 is 33.6 Å². The van der Waals surface area contributed by atoms with E-state index in [0.717, 1.165) is 62.1 Å². The van der Waals surface area contributed by atoms with E-state index in [1.807, 2.05) is 49.4 Å². The maximum atomic E-state index is 13.5. The molecule has 0 unspecified atom stereocenters. The van der Waals surface area contributed by atoms with Gasteiger partial charge in [0.1, 0.15) is 10.8 Å². The molecule has 3 heterocycles. The number of hydrogen-bond donors (Lipinski definition) is 0. The van der Waals surface area contributed by atoms with Gasteiger partial charge in [0.15, 0.2) is 0 Å². The van der Waals surface area contributed by atoms with E-state index >= 15 is 0 Å². The molecule has 0 aliphatic heterocycles. The maximum absolute atomic E-state index is 13.5. The van der Waals surface area contributed by atoms with Gasteiger partial charge in [0.25, 0.3) is 0 Å². The largest absolute Gasteiger partial charge is 2.00 e. The van der Waals surface area contributed by atoms with Crippen LogP contribution < -0.4 is 0 Å². The topological polar surface area (TPSA) is 30.7 Å². The fourth-order valence-electron chi connectivity index (χ4n) is 4.39. The van der Waals surface area contributed by atoms with Crippen molar-refractivity contribution in [3.8, 4) is 16.9 Å². The number of aryl methyl sites for hydroxylation is 1. The SMILES string of the molecule is Cc1ccnc(-n2c3[c-]c(-c4[c-]c(Sc5ncccc5C(F)(F)F)ccc4)ccc3c3ccccc32)c1.[Pt+2]. The summed E-state index contributed by atoms with van der Waals surface area (Å²) in [5.41, 5.74) is 3.73. The number of halogens is 3. The normalized spacial score (nSPS) is 11.6. The van der Waals surface area contributed by atoms with Crippen molar-refractivity contribution in [2.45, 2.75) is 23.0 Å². The summed E-state index contributed by atoms with van der Waals surface area (Å²) < 4.78 is 42.5. The first-order valence-electron chi connectivity index (χ1n) is 11.5. The van der Waals surface area contributed by atoms with Gasteiger partial charge in [-0.2, -0.15) is 43.5 Å². The molecule has 3 nitrogen and oxygen atoms in total. The van der Waals surface area contributed by atoms with Crippen LogP contribution in [0.1, 0.15) is 11.1 Å². The monoisotopic (exact) mass is 704 g/mol. The van der Waals surface area contributed by atoms with Crippen LogP contribution in [-0.2, 0) is 27.2 Å². The van der Waals surface area contributed by atoms with Gasteiger partial charge < -0.3 is 4.57 Å². The zero-order chi connectivity index (χ0) is 25.6. The molecule has 0 saturated carbocycles. The number of pyridine rings is 2. The minimum Gasteiger partial charge on any atom is -0.314 e. The fourth-order valence-corrected chi connectivity index (χ4v) is 5.31. The fraction of sp³-hybridized carbons (Fsp3) is 0.0667. The quantitative estimate of drug-likeness (QED) is 0.173. The van der Waals surface area contributed by atoms with E-state index in [-0.39, 0.29) is 26.1 Å². The van der Waals surface area contributed by atoms with E-state index in [4.69, 9.17) is 0 Å². The van der Waals surface area contributed by atoms with Crippen molar-refractivity contribution in [1.29, 1.82) is 0 Å². The van der Waals surface area contributed by atoms with Crippen LogP contribution in [0.5, 0.6) is 0 Å². The van der Waals surface area contributed by atoms with Gasteiger partial charge in [-0.15, -0.1) is 12.1 Å². The number of rotatable bonds is 4. The van der Waals surface area contributed by atoms with Crippen LogP contribution in [0.4, 0.5) is 13.2 Å². The van der Waals surface area contributed by atoms with E-state index in [1.54, 1.807) is 18.3 Å². The first-order valence-corrected chi connectivity index (χ1v) is 12.3. The molecule has 0 spiro atoms. The van der Waals surface area contributed by atoms with Gasteiger partial charge in [-0.05, 0) is 53.7 Å². The van der Waals surface area contributed by atoms with Crippen molar-refractivity contribution in [3.63, 3.8) is 0 Å². The minimum atomic E-state index is -4.48. The molecule has 0 atom stereocenters. The van der Waals surface area contributed by atoms with E-state index in [0.29, 0.717) is 4.90 Å². The van der Waals surface area contributed by atoms with Crippen LogP contribution in [0, 0.1) is 19.1 Å². The predicted octanol–water partition coefficient (Wildman–Crippen LogP) is 8.32. The number of para-hydroxylation sites is 1. The average Bonchev–Trinajstić information content (AvgIpc) is 3.22. The summed E-state index contributed by atoms with van der Waals surface area (Å²) in [6.45, 7) is 2.03. The molecule has 190 valence electrons. The smallest absolute Gasteiger partial charge is 0.314 e. The van der Waals surface area contributed by atoms with Crippen molar-refractivity contribution < 1.29 is 34.2 Å². The first kappa shape index (κ1) is 26.2. The number of benzene rings is 3. The Bertz CT molecular complexity index is 1780. The van der Waals surface area contributed by atoms with Gasteiger partial charge in [0, 0.05) is 17.9 Å². The molecule has 0 radical (unpaired) electrons. The molecule has 6 aromatic rings. The zero-order valence-electron chi connectivity index (χ0n) is 19.9. The molecule has 3 aromatic carbocycles. The summed E-state index contributed by atoms with van der Waals surface area (Å²) >= 11 is 0.943. The molecule has 0 aliphatic carbocycles. The number of alkyl halides is 3. The third-order valence-corrected chi connectivity index (χ3v) is 7.03. The van der Waals surface area contributed by atoms with Crippen molar-refractivity contribution in [1.82, 2.24) is 14.5 Å². The molecule has 0 fully saturated rings. The number of fused-ring (bicyclic) bond motifs is 3. The maximum Gasteiger partial charge on any atom is 2.00 e. The molecule has 0 N–H and O–H groups in total. The third-order valence-electron chi connectivity index (χ3n) is 6.06. The van der Waals surface area contributed by atoms with E-state index < -0.39 is 11.7 Å². The summed E-state index contributed by atoms with van der Waals surface area (Å²) in [6, 6.07) is 30.7. The van der Waals surface area contributed by atoms with Crippen molar-refractivity contribution in [2.24, 2.45) is 0 Å². The Morgan fingerprint density at radius 3 is 2.42 bits per heavy atom. The van der Waals surface area contributed by atoms with Crippen LogP contribution in [0.15, 0.2) is 101 Å². The van der Waals surface area contributed by atoms with Crippen LogP contribution in [0.25, 0.3) is 38.8 Å². The molecular weight excluding hydrogens is 686 g/mol. The summed E-state index contributed by atoms with van der Waals surface area (Å²) in [5, 5.41) is 2.02. The molecule has 0 saturated heterocycles. The Morgan fingerprint density at radius 2 is 1.61 bits per heavy atom. The Kier molecular flexibility index (Phi) is 7.17. The minimum absolute atomic E-state index is 0. The number of nitrogens with zero attached hydrogens (tertiary/aromatic N) is 3. The standard InChI is InChI=1S/C30H18F3N3S.Pt/c1-19-13-15-34-28(16-19)36-26-10-3-2-8-23(26)24-12-11-21(18-27(24)36)20-6-4-7-22(17-20)37-29-25(30(31,32)33)9-5-14-35-29;/h2-16H,1H3;/q-2;+2. The third kappa shape index (κ3) is 4.88.